The molecule has 2 atom stereocenters. The summed E-state index contributed by atoms with van der Waals surface area (Å²) in [7, 11) is -3.96. The first-order valence-electron chi connectivity index (χ1n) is 12.3. The molecule has 216 valence electrons. The lowest BCUT2D eigenvalue weighted by molar-refractivity contribution is -0.161. The molecule has 3 rings (SSSR count). The Morgan fingerprint density at radius 1 is 1.00 bits per heavy atom. The molecule has 3 aromatic carbocycles. The van der Waals surface area contributed by atoms with Gasteiger partial charge < -0.3 is 14.6 Å². The number of amidine groups is 1. The van der Waals surface area contributed by atoms with Crippen LogP contribution in [-0.2, 0) is 30.7 Å². The van der Waals surface area contributed by atoms with Gasteiger partial charge in [-0.15, -0.1) is 0 Å². The van der Waals surface area contributed by atoms with Gasteiger partial charge in [0.2, 0.25) is 16.3 Å². The minimum absolute atomic E-state index is 0.0386. The van der Waals surface area contributed by atoms with Crippen LogP contribution >= 0.6 is 0 Å². The number of nitrogens with one attached hydrogen (secondary N) is 2. The number of carbonyl (C=O) groups is 3. The summed E-state index contributed by atoms with van der Waals surface area (Å²) in [5.41, 5.74) is 2.38. The van der Waals surface area contributed by atoms with E-state index in [2.05, 4.69) is 5.32 Å². The van der Waals surface area contributed by atoms with E-state index in [-0.39, 0.29) is 17.2 Å². The molecule has 0 radical (unpaired) electrons. The molecule has 0 bridgehead atoms. The van der Waals surface area contributed by atoms with Crippen molar-refractivity contribution >= 4 is 39.7 Å². The molecule has 0 saturated heterocycles. The molecule has 0 aliphatic heterocycles. The number of nitrogens with zero attached hydrogens (tertiary/aromatic N) is 1. The minimum Gasteiger partial charge on any atom is -0.465 e. The molecule has 0 aliphatic carbocycles. The van der Waals surface area contributed by atoms with E-state index in [1.54, 1.807) is 73.7 Å². The van der Waals surface area contributed by atoms with Crippen molar-refractivity contribution in [2.75, 3.05) is 4.90 Å². The van der Waals surface area contributed by atoms with Crippen LogP contribution in [0.15, 0.2) is 77.7 Å². The van der Waals surface area contributed by atoms with Crippen molar-refractivity contribution in [1.29, 1.82) is 5.41 Å². The van der Waals surface area contributed by atoms with Crippen molar-refractivity contribution in [3.8, 4) is 11.1 Å². The molecule has 41 heavy (non-hydrogen) atoms. The molecule has 3 aromatic rings. The van der Waals surface area contributed by atoms with Gasteiger partial charge in [-0.3, -0.25) is 20.4 Å². The van der Waals surface area contributed by atoms with Crippen molar-refractivity contribution in [2.24, 2.45) is 5.14 Å². The second-order valence-corrected chi connectivity index (χ2v) is 10.6. The van der Waals surface area contributed by atoms with E-state index < -0.39 is 40.5 Å². The summed E-state index contributed by atoms with van der Waals surface area (Å²) < 4.78 is 33.6. The predicted octanol–water partition coefficient (Wildman–Crippen LogP) is 4.08. The van der Waals surface area contributed by atoms with E-state index in [1.807, 2.05) is 0 Å². The smallest absolute Gasteiger partial charge is 0.415 e. The summed E-state index contributed by atoms with van der Waals surface area (Å²) in [6.07, 6.45) is -3.02. The number of rotatable bonds is 9. The molecule has 0 aliphatic rings. The Balaban J connectivity index is 1.75. The normalized spacial score (nSPS) is 12.5. The van der Waals surface area contributed by atoms with E-state index in [0.717, 1.165) is 0 Å². The maximum Gasteiger partial charge on any atom is 0.415 e. The van der Waals surface area contributed by atoms with Crippen molar-refractivity contribution < 1.29 is 37.4 Å². The number of anilines is 1. The molecule has 0 aromatic heterocycles. The van der Waals surface area contributed by atoms with Crippen LogP contribution in [0.1, 0.15) is 31.9 Å². The highest BCUT2D eigenvalue weighted by Crippen LogP contribution is 2.29. The molecule has 12 nitrogen and oxygen atoms in total. The maximum absolute atomic E-state index is 12.2. The molecular formula is C28H30N4O8S. The van der Waals surface area contributed by atoms with Gasteiger partial charge in [0.05, 0.1) is 4.90 Å². The Bertz CT molecular complexity index is 1560. The van der Waals surface area contributed by atoms with Crippen molar-refractivity contribution in [3.05, 3.63) is 83.9 Å². The average Bonchev–Trinajstić information content (AvgIpc) is 2.88. The minimum atomic E-state index is -3.96. The Morgan fingerprint density at radius 3 is 2.27 bits per heavy atom. The Labute approximate surface area is 237 Å². The predicted molar refractivity (Wildman–Crippen MR) is 151 cm³/mol. The quantitative estimate of drug-likeness (QED) is 0.126. The van der Waals surface area contributed by atoms with Crippen molar-refractivity contribution in [3.63, 3.8) is 0 Å². The fourth-order valence-corrected chi connectivity index (χ4v) is 4.97. The number of nitrogens with two attached hydrogens (primary N) is 1. The number of hydrogen-bond acceptors (Lipinski definition) is 8. The van der Waals surface area contributed by atoms with Gasteiger partial charge in [0.1, 0.15) is 5.84 Å². The number of ether oxygens (including phenoxy) is 2. The number of sulfonamides is 1. The van der Waals surface area contributed by atoms with Gasteiger partial charge in [0.15, 0.2) is 0 Å². The molecule has 5 N–H and O–H groups in total. The second-order valence-electron chi connectivity index (χ2n) is 9.08. The summed E-state index contributed by atoms with van der Waals surface area (Å²) in [5, 5.41) is 25.8. The summed E-state index contributed by atoms with van der Waals surface area (Å²) in [6, 6.07) is 18.8. The molecule has 0 fully saturated rings. The fourth-order valence-electron chi connectivity index (χ4n) is 4.21. The van der Waals surface area contributed by atoms with Crippen LogP contribution in [0.25, 0.3) is 11.1 Å². The number of primary sulfonamides is 1. The number of esters is 1. The van der Waals surface area contributed by atoms with E-state index in [4.69, 9.17) is 20.0 Å². The molecule has 2 unspecified atom stereocenters. The average molecular weight is 583 g/mol. The molecule has 0 saturated carbocycles. The van der Waals surface area contributed by atoms with Gasteiger partial charge >= 0.3 is 18.2 Å². The van der Waals surface area contributed by atoms with Crippen LogP contribution < -0.4 is 15.4 Å². The van der Waals surface area contributed by atoms with Gasteiger partial charge in [-0.1, -0.05) is 48.5 Å². The fraction of sp³-hybridized carbons (Fsp3) is 0.214. The molecular weight excluding hydrogens is 552 g/mol. The van der Waals surface area contributed by atoms with Crippen LogP contribution in [0.4, 0.5) is 15.3 Å². The third-order valence-electron chi connectivity index (χ3n) is 5.88. The Hall–Kier alpha value is -4.75. The highest BCUT2D eigenvalue weighted by molar-refractivity contribution is 7.89. The zero-order chi connectivity index (χ0) is 30.3. The number of amides is 2. The van der Waals surface area contributed by atoms with Crippen molar-refractivity contribution in [1.82, 2.24) is 5.32 Å². The number of hydrogen-bond donors (Lipinski definition) is 4. The molecule has 2 amide bonds. The van der Waals surface area contributed by atoms with E-state index in [9.17, 15) is 27.9 Å². The van der Waals surface area contributed by atoms with E-state index >= 15 is 0 Å². The molecule has 0 spiro atoms. The van der Waals surface area contributed by atoms with Gasteiger partial charge in [-0.25, -0.2) is 23.1 Å². The number of carboxylic acid groups (broad SMARTS) is 1. The number of alkyl carbamates (subject to hydrolysis) is 1. The zero-order valence-electron chi connectivity index (χ0n) is 22.5. The van der Waals surface area contributed by atoms with Crippen LogP contribution in [0.3, 0.4) is 0 Å². The highest BCUT2D eigenvalue weighted by atomic mass is 32.2. The summed E-state index contributed by atoms with van der Waals surface area (Å²) in [6.45, 7) is 4.25. The first-order chi connectivity index (χ1) is 19.3. The SMILES string of the molecule is CC(=O)OC(C)OC(=O)NC(=N)c1cccc(CC(C)N(C(=O)O)c2ccc(-c3ccccc3S(N)(=O)=O)cc2)c1. The summed E-state index contributed by atoms with van der Waals surface area (Å²) >= 11 is 0. The topological polar surface area (TPSA) is 189 Å². The van der Waals surface area contributed by atoms with Gasteiger partial charge in [-0.2, -0.15) is 0 Å². The van der Waals surface area contributed by atoms with Crippen LogP contribution in [0.2, 0.25) is 0 Å². The maximum atomic E-state index is 12.2. The molecule has 0 heterocycles. The third-order valence-corrected chi connectivity index (χ3v) is 6.84. The van der Waals surface area contributed by atoms with Gasteiger partial charge in [0, 0.05) is 36.7 Å². The number of benzene rings is 3. The van der Waals surface area contributed by atoms with Crippen molar-refractivity contribution in [2.45, 2.75) is 44.4 Å². The summed E-state index contributed by atoms with van der Waals surface area (Å²) in [5.74, 6) is -0.883. The lowest BCUT2D eigenvalue weighted by Gasteiger charge is -2.27. The van der Waals surface area contributed by atoms with Gasteiger partial charge in [-0.05, 0) is 48.7 Å². The first-order valence-corrected chi connectivity index (χ1v) is 13.9. The first kappa shape index (κ1) is 30.8. The molecule has 13 heteroatoms. The lowest BCUT2D eigenvalue weighted by Crippen LogP contribution is -2.39. The van der Waals surface area contributed by atoms with E-state index in [0.29, 0.717) is 27.9 Å². The van der Waals surface area contributed by atoms with Crippen LogP contribution in [-0.4, -0.2) is 49.8 Å². The van der Waals surface area contributed by atoms with Crippen LogP contribution in [0.5, 0.6) is 0 Å². The second kappa shape index (κ2) is 13.1. The highest BCUT2D eigenvalue weighted by Gasteiger charge is 2.23. The van der Waals surface area contributed by atoms with Gasteiger partial charge in [0.25, 0.3) is 0 Å². The third kappa shape index (κ3) is 8.37. The van der Waals surface area contributed by atoms with E-state index in [1.165, 1.54) is 24.8 Å². The number of carbonyl (C=O) groups excluding carboxylic acids is 2. The Kier molecular flexibility index (Phi) is 9.81. The van der Waals surface area contributed by atoms with Crippen LogP contribution in [0, 0.1) is 5.41 Å². The standard InChI is InChI=1S/C28H30N4O8S/c1-17(15-20-7-6-8-22(16-20)26(29)31-27(34)40-19(3)39-18(2)33)32(28(35)36)23-13-11-21(12-14-23)24-9-4-5-10-25(24)41(30,37)38/h4-14,16-17,19H,15H2,1-3H3,(H,35,36)(H2,29,31,34)(H2,30,37,38). The largest absolute Gasteiger partial charge is 0.465 e. The monoisotopic (exact) mass is 582 g/mol. The lowest BCUT2D eigenvalue weighted by atomic mass is 10.0. The summed E-state index contributed by atoms with van der Waals surface area (Å²) in [4.78, 5) is 36.3. The zero-order valence-corrected chi connectivity index (χ0v) is 23.3. The Morgan fingerprint density at radius 2 is 1.66 bits per heavy atom.